The largest absolute Gasteiger partial charge is 0.466 e. The molecule has 20 heavy (non-hydrogen) atoms. The van der Waals surface area contributed by atoms with E-state index in [0.717, 1.165) is 5.76 Å². The minimum absolute atomic E-state index is 0.0130. The first kappa shape index (κ1) is 14.4. The second kappa shape index (κ2) is 5.19. The van der Waals surface area contributed by atoms with Crippen LogP contribution in [0.15, 0.2) is 15.6 Å². The molecule has 0 atom stereocenters. The number of piperidine rings is 1. The summed E-state index contributed by atoms with van der Waals surface area (Å²) in [5.41, 5.74) is 6.00. The summed E-state index contributed by atoms with van der Waals surface area (Å²) in [6.07, 6.45) is 1.37. The zero-order valence-corrected chi connectivity index (χ0v) is 12.1. The van der Waals surface area contributed by atoms with Crippen LogP contribution in [0.2, 0.25) is 0 Å². The molecule has 6 nitrogen and oxygen atoms in total. The van der Waals surface area contributed by atoms with Gasteiger partial charge < -0.3 is 20.3 Å². The van der Waals surface area contributed by atoms with Gasteiger partial charge in [-0.15, -0.1) is 0 Å². The van der Waals surface area contributed by atoms with Crippen molar-refractivity contribution in [1.82, 2.24) is 4.90 Å². The quantitative estimate of drug-likeness (QED) is 0.374. The highest BCUT2D eigenvalue weighted by Gasteiger charge is 2.36. The SMILES string of the molecule is Cc1cc(C(=O)N2CCC(C)(C(N)=NO)CC2)c(C)o1. The van der Waals surface area contributed by atoms with Gasteiger partial charge in [0.2, 0.25) is 0 Å². The van der Waals surface area contributed by atoms with Gasteiger partial charge in [-0.3, -0.25) is 4.79 Å². The van der Waals surface area contributed by atoms with E-state index < -0.39 is 0 Å². The van der Waals surface area contributed by atoms with E-state index in [2.05, 4.69) is 5.16 Å². The average Bonchev–Trinajstić information content (AvgIpc) is 2.76. The van der Waals surface area contributed by atoms with E-state index in [1.54, 1.807) is 17.9 Å². The Labute approximate surface area is 118 Å². The fraction of sp³-hybridized carbons (Fsp3) is 0.571. The number of oxime groups is 1. The standard InChI is InChI=1S/C14H21N3O3/c1-9-8-11(10(2)20-9)12(18)17-6-4-14(3,5-7-17)13(15)16-19/h8,19H,4-7H2,1-3H3,(H2,15,16). The van der Waals surface area contributed by atoms with Gasteiger partial charge in [0.1, 0.15) is 17.4 Å². The number of aryl methyl sites for hydroxylation is 2. The molecule has 110 valence electrons. The molecule has 0 bridgehead atoms. The van der Waals surface area contributed by atoms with Crippen LogP contribution in [0.4, 0.5) is 0 Å². The van der Waals surface area contributed by atoms with E-state index in [1.807, 2.05) is 13.8 Å². The van der Waals surface area contributed by atoms with Gasteiger partial charge in [0.15, 0.2) is 0 Å². The van der Waals surface area contributed by atoms with Crippen molar-refractivity contribution in [2.45, 2.75) is 33.6 Å². The summed E-state index contributed by atoms with van der Waals surface area (Å²) in [7, 11) is 0. The molecule has 1 aliphatic heterocycles. The van der Waals surface area contributed by atoms with Gasteiger partial charge in [0.25, 0.3) is 5.91 Å². The summed E-state index contributed by atoms with van der Waals surface area (Å²) >= 11 is 0. The Morgan fingerprint density at radius 2 is 2.05 bits per heavy atom. The van der Waals surface area contributed by atoms with E-state index in [4.69, 9.17) is 15.4 Å². The molecule has 2 rings (SSSR count). The fourth-order valence-corrected chi connectivity index (χ4v) is 2.59. The smallest absolute Gasteiger partial charge is 0.257 e. The van der Waals surface area contributed by atoms with Gasteiger partial charge in [-0.2, -0.15) is 0 Å². The predicted octanol–water partition coefficient (Wildman–Crippen LogP) is 1.89. The summed E-state index contributed by atoms with van der Waals surface area (Å²) in [4.78, 5) is 14.2. The van der Waals surface area contributed by atoms with Crippen molar-refractivity contribution in [3.63, 3.8) is 0 Å². The first-order valence-electron chi connectivity index (χ1n) is 6.72. The van der Waals surface area contributed by atoms with Crippen molar-refractivity contribution in [2.75, 3.05) is 13.1 Å². The molecule has 1 saturated heterocycles. The highest BCUT2D eigenvalue weighted by molar-refractivity contribution is 5.95. The van der Waals surface area contributed by atoms with Crippen molar-refractivity contribution < 1.29 is 14.4 Å². The van der Waals surface area contributed by atoms with Gasteiger partial charge in [-0.1, -0.05) is 12.1 Å². The topological polar surface area (TPSA) is 92.1 Å². The van der Waals surface area contributed by atoms with Gasteiger partial charge in [-0.05, 0) is 32.8 Å². The Bertz CT molecular complexity index is 540. The Morgan fingerprint density at radius 3 is 2.50 bits per heavy atom. The molecule has 0 radical (unpaired) electrons. The zero-order valence-electron chi connectivity index (χ0n) is 12.1. The normalized spacial score (nSPS) is 19.1. The lowest BCUT2D eigenvalue weighted by Crippen LogP contribution is -2.47. The highest BCUT2D eigenvalue weighted by Crippen LogP contribution is 2.32. The zero-order chi connectivity index (χ0) is 14.9. The predicted molar refractivity (Wildman–Crippen MR) is 74.8 cm³/mol. The molecule has 0 spiro atoms. The van der Waals surface area contributed by atoms with E-state index in [0.29, 0.717) is 37.3 Å². The number of nitrogens with two attached hydrogens (primary N) is 1. The maximum absolute atomic E-state index is 12.4. The third-order valence-electron chi connectivity index (χ3n) is 4.15. The van der Waals surface area contributed by atoms with Crippen molar-refractivity contribution >= 4 is 11.7 Å². The van der Waals surface area contributed by atoms with E-state index >= 15 is 0 Å². The van der Waals surface area contributed by atoms with Crippen LogP contribution in [-0.4, -0.2) is 34.9 Å². The van der Waals surface area contributed by atoms with Crippen LogP contribution in [0.3, 0.4) is 0 Å². The van der Waals surface area contributed by atoms with Crippen molar-refractivity contribution in [3.8, 4) is 0 Å². The summed E-state index contributed by atoms with van der Waals surface area (Å²) < 4.78 is 5.40. The Morgan fingerprint density at radius 1 is 1.45 bits per heavy atom. The molecule has 1 fully saturated rings. The van der Waals surface area contributed by atoms with Crippen molar-refractivity contribution in [2.24, 2.45) is 16.3 Å². The van der Waals surface area contributed by atoms with E-state index in [9.17, 15) is 4.79 Å². The average molecular weight is 279 g/mol. The molecule has 0 unspecified atom stereocenters. The van der Waals surface area contributed by atoms with Crippen LogP contribution in [0.5, 0.6) is 0 Å². The number of nitrogens with zero attached hydrogens (tertiary/aromatic N) is 2. The number of amidine groups is 1. The number of carbonyl (C=O) groups is 1. The molecule has 1 aromatic heterocycles. The second-order valence-electron chi connectivity index (χ2n) is 5.67. The second-order valence-corrected chi connectivity index (χ2v) is 5.67. The van der Waals surface area contributed by atoms with Crippen LogP contribution >= 0.6 is 0 Å². The molecule has 0 saturated carbocycles. The Kier molecular flexibility index (Phi) is 3.74. The Hall–Kier alpha value is -1.98. The first-order valence-corrected chi connectivity index (χ1v) is 6.72. The van der Waals surface area contributed by atoms with Gasteiger partial charge in [0, 0.05) is 18.5 Å². The molecule has 6 heteroatoms. The molecular weight excluding hydrogens is 258 g/mol. The lowest BCUT2D eigenvalue weighted by atomic mass is 9.79. The molecule has 2 heterocycles. The van der Waals surface area contributed by atoms with Gasteiger partial charge in [-0.25, -0.2) is 0 Å². The number of carbonyl (C=O) groups excluding carboxylic acids is 1. The highest BCUT2D eigenvalue weighted by atomic mass is 16.4. The van der Waals surface area contributed by atoms with Crippen LogP contribution in [0.1, 0.15) is 41.6 Å². The summed E-state index contributed by atoms with van der Waals surface area (Å²) in [6.45, 7) is 6.77. The molecule has 3 N–H and O–H groups in total. The summed E-state index contributed by atoms with van der Waals surface area (Å²) in [6, 6.07) is 1.77. The molecular formula is C14H21N3O3. The summed E-state index contributed by atoms with van der Waals surface area (Å²) in [5, 5.41) is 11.9. The minimum Gasteiger partial charge on any atom is -0.466 e. The third kappa shape index (κ3) is 2.50. The van der Waals surface area contributed by atoms with E-state index in [-0.39, 0.29) is 17.2 Å². The monoisotopic (exact) mass is 279 g/mol. The molecule has 0 aliphatic carbocycles. The van der Waals surface area contributed by atoms with Crippen LogP contribution in [0.25, 0.3) is 0 Å². The number of amides is 1. The number of furan rings is 1. The van der Waals surface area contributed by atoms with Gasteiger partial charge in [0.05, 0.1) is 5.56 Å². The minimum atomic E-state index is -0.340. The van der Waals surface area contributed by atoms with Crippen molar-refractivity contribution in [1.29, 1.82) is 0 Å². The number of hydrogen-bond acceptors (Lipinski definition) is 4. The van der Waals surface area contributed by atoms with Crippen LogP contribution < -0.4 is 5.73 Å². The molecule has 1 amide bonds. The van der Waals surface area contributed by atoms with Crippen LogP contribution in [0, 0.1) is 19.3 Å². The lowest BCUT2D eigenvalue weighted by molar-refractivity contribution is 0.0665. The molecule has 0 aromatic carbocycles. The van der Waals surface area contributed by atoms with Crippen molar-refractivity contribution in [3.05, 3.63) is 23.2 Å². The number of hydrogen-bond donors (Lipinski definition) is 2. The fourth-order valence-electron chi connectivity index (χ4n) is 2.59. The molecule has 1 aliphatic rings. The maximum atomic E-state index is 12.4. The number of likely N-dealkylation sites (tertiary alicyclic amines) is 1. The van der Waals surface area contributed by atoms with Crippen LogP contribution in [-0.2, 0) is 0 Å². The first-order chi connectivity index (χ1) is 9.37. The Balaban J connectivity index is 2.08. The molecule has 1 aromatic rings. The van der Waals surface area contributed by atoms with Gasteiger partial charge >= 0.3 is 0 Å². The lowest BCUT2D eigenvalue weighted by Gasteiger charge is -2.38. The number of rotatable bonds is 2. The van der Waals surface area contributed by atoms with E-state index in [1.165, 1.54) is 0 Å². The third-order valence-corrected chi connectivity index (χ3v) is 4.15. The maximum Gasteiger partial charge on any atom is 0.257 e. The summed E-state index contributed by atoms with van der Waals surface area (Å²) in [5.74, 6) is 1.61.